The van der Waals surface area contributed by atoms with Gasteiger partial charge in [-0.1, -0.05) is 37.3 Å². The van der Waals surface area contributed by atoms with Gasteiger partial charge >= 0.3 is 6.03 Å². The van der Waals surface area contributed by atoms with Gasteiger partial charge in [-0.25, -0.2) is 9.78 Å². The van der Waals surface area contributed by atoms with Crippen LogP contribution in [0.2, 0.25) is 0 Å². The molecular weight excluding hydrogens is 402 g/mol. The highest BCUT2D eigenvalue weighted by Gasteiger charge is 2.51. The molecule has 2 aliphatic heterocycles. The number of hydrogen-bond donors (Lipinski definition) is 2. The third-order valence-electron chi connectivity index (χ3n) is 8.05. The van der Waals surface area contributed by atoms with E-state index in [2.05, 4.69) is 24.0 Å². The van der Waals surface area contributed by atoms with E-state index in [0.29, 0.717) is 13.1 Å². The standard InChI is InChI=1S/C25H31N5O2/c1-2-14-29-21-19(27-22(28-21)24-8-11-25(32,12-9-24)13-10-24)20-26-18(16-30(20)23(29)31)15-17-6-4-3-5-7-17/h3-7,18,32H,2,8-16H2,1H3,(H,27,28)/t18-,24?,25?/m1/s1. The molecule has 1 atom stereocenters. The average molecular weight is 434 g/mol. The van der Waals surface area contributed by atoms with Crippen LogP contribution in [0.4, 0.5) is 10.6 Å². The van der Waals surface area contributed by atoms with E-state index in [-0.39, 0.29) is 17.5 Å². The number of aliphatic imine (C=N–C) groups is 1. The molecule has 7 heteroatoms. The second kappa shape index (κ2) is 7.17. The topological polar surface area (TPSA) is 84.8 Å². The number of amidine groups is 1. The van der Waals surface area contributed by atoms with Crippen molar-refractivity contribution in [2.75, 3.05) is 18.0 Å². The summed E-state index contributed by atoms with van der Waals surface area (Å²) in [7, 11) is 0. The van der Waals surface area contributed by atoms with Crippen molar-refractivity contribution in [1.82, 2.24) is 14.9 Å². The lowest BCUT2D eigenvalue weighted by atomic mass is 9.58. The highest BCUT2D eigenvalue weighted by molar-refractivity contribution is 6.18. The third-order valence-corrected chi connectivity index (χ3v) is 8.05. The van der Waals surface area contributed by atoms with E-state index in [4.69, 9.17) is 9.98 Å². The molecule has 5 aliphatic rings. The van der Waals surface area contributed by atoms with E-state index in [1.165, 1.54) is 5.56 Å². The second-order valence-corrected chi connectivity index (χ2v) is 10.1. The first-order valence-electron chi connectivity index (χ1n) is 12.0. The number of hydrogen-bond acceptors (Lipinski definition) is 4. The Balaban J connectivity index is 1.37. The molecule has 3 fully saturated rings. The van der Waals surface area contributed by atoms with E-state index < -0.39 is 5.60 Å². The van der Waals surface area contributed by atoms with Crippen molar-refractivity contribution in [2.24, 2.45) is 4.99 Å². The fraction of sp³-hybridized carbons (Fsp3) is 0.560. The minimum Gasteiger partial charge on any atom is -0.390 e. The van der Waals surface area contributed by atoms with Crippen molar-refractivity contribution in [1.29, 1.82) is 0 Å². The first-order chi connectivity index (χ1) is 15.5. The first kappa shape index (κ1) is 20.0. The van der Waals surface area contributed by atoms with Gasteiger partial charge in [-0.15, -0.1) is 0 Å². The van der Waals surface area contributed by atoms with Gasteiger partial charge < -0.3 is 10.1 Å². The average Bonchev–Trinajstić information content (AvgIpc) is 3.43. The fourth-order valence-electron chi connectivity index (χ4n) is 6.09. The van der Waals surface area contributed by atoms with Crippen molar-refractivity contribution >= 4 is 17.7 Å². The molecule has 1 aromatic heterocycles. The highest BCUT2D eigenvalue weighted by Crippen LogP contribution is 2.53. The van der Waals surface area contributed by atoms with Crippen LogP contribution in [0.1, 0.15) is 69.0 Å². The molecule has 0 saturated heterocycles. The van der Waals surface area contributed by atoms with Crippen molar-refractivity contribution in [3.8, 4) is 0 Å². The van der Waals surface area contributed by atoms with Gasteiger partial charge in [0.05, 0.1) is 18.2 Å². The number of nitrogens with one attached hydrogen (secondary N) is 1. The number of rotatable bonds is 5. The molecule has 7 rings (SSSR count). The molecule has 3 heterocycles. The highest BCUT2D eigenvalue weighted by atomic mass is 16.3. The Morgan fingerprint density at radius 2 is 1.84 bits per heavy atom. The number of aliphatic hydroxyl groups is 1. The molecular formula is C25H31N5O2. The molecule has 2 bridgehead atoms. The number of carbonyl (C=O) groups excluding carboxylic acids is 1. The second-order valence-electron chi connectivity index (χ2n) is 10.1. The Labute approximate surface area is 188 Å². The number of urea groups is 1. The molecule has 3 saturated carbocycles. The van der Waals surface area contributed by atoms with Gasteiger partial charge in [-0.3, -0.25) is 14.8 Å². The molecule has 0 radical (unpaired) electrons. The monoisotopic (exact) mass is 433 g/mol. The summed E-state index contributed by atoms with van der Waals surface area (Å²) >= 11 is 0. The smallest absolute Gasteiger partial charge is 0.331 e. The number of anilines is 1. The zero-order chi connectivity index (χ0) is 21.9. The number of benzene rings is 1. The van der Waals surface area contributed by atoms with E-state index in [0.717, 1.165) is 74.5 Å². The lowest BCUT2D eigenvalue weighted by Gasteiger charge is -2.49. The van der Waals surface area contributed by atoms with Gasteiger partial charge in [-0.05, 0) is 56.9 Å². The van der Waals surface area contributed by atoms with Crippen molar-refractivity contribution in [3.05, 3.63) is 47.4 Å². The molecule has 2 amide bonds. The molecule has 2 N–H and O–H groups in total. The molecule has 2 aromatic rings. The predicted molar refractivity (Wildman–Crippen MR) is 123 cm³/mol. The Morgan fingerprint density at radius 1 is 1.12 bits per heavy atom. The molecule has 32 heavy (non-hydrogen) atoms. The number of aromatic nitrogens is 2. The fourth-order valence-corrected chi connectivity index (χ4v) is 6.09. The zero-order valence-corrected chi connectivity index (χ0v) is 18.7. The quantitative estimate of drug-likeness (QED) is 0.753. The summed E-state index contributed by atoms with van der Waals surface area (Å²) in [6, 6.07) is 10.4. The number of fused-ring (bicyclic) bond motifs is 6. The lowest BCUT2D eigenvalue weighted by molar-refractivity contribution is -0.0678. The summed E-state index contributed by atoms with van der Waals surface area (Å²) < 4.78 is 0. The van der Waals surface area contributed by atoms with Crippen LogP contribution in [0.3, 0.4) is 0 Å². The minimum atomic E-state index is -0.477. The van der Waals surface area contributed by atoms with Crippen molar-refractivity contribution < 1.29 is 9.90 Å². The predicted octanol–water partition coefficient (Wildman–Crippen LogP) is 3.77. The minimum absolute atomic E-state index is 0.00845. The maximum atomic E-state index is 13.4. The maximum absolute atomic E-state index is 13.4. The molecule has 1 aromatic carbocycles. The van der Waals surface area contributed by atoms with Crippen LogP contribution >= 0.6 is 0 Å². The van der Waals surface area contributed by atoms with Gasteiger partial charge in [0.15, 0.2) is 11.7 Å². The Morgan fingerprint density at radius 3 is 2.53 bits per heavy atom. The molecule has 0 unspecified atom stereocenters. The Kier molecular flexibility index (Phi) is 4.47. The summed E-state index contributed by atoms with van der Waals surface area (Å²) in [5.41, 5.74) is 1.64. The van der Waals surface area contributed by atoms with E-state index in [1.54, 1.807) is 0 Å². The summed E-state index contributed by atoms with van der Waals surface area (Å²) in [5.74, 6) is 2.47. The number of H-pyrrole nitrogens is 1. The summed E-state index contributed by atoms with van der Waals surface area (Å²) in [6.45, 7) is 3.35. The maximum Gasteiger partial charge on any atom is 0.331 e. The zero-order valence-electron chi connectivity index (χ0n) is 18.7. The van der Waals surface area contributed by atoms with Gasteiger partial charge in [0, 0.05) is 12.0 Å². The molecule has 7 nitrogen and oxygen atoms in total. The molecule has 3 aliphatic carbocycles. The Hall–Kier alpha value is -2.67. The van der Waals surface area contributed by atoms with Crippen molar-refractivity contribution in [3.63, 3.8) is 0 Å². The van der Waals surface area contributed by atoms with E-state index in [1.807, 2.05) is 28.0 Å². The third kappa shape index (κ3) is 3.01. The van der Waals surface area contributed by atoms with Crippen LogP contribution in [0, 0.1) is 0 Å². The Bertz CT molecular complexity index is 1050. The van der Waals surface area contributed by atoms with Crippen LogP contribution < -0.4 is 4.90 Å². The van der Waals surface area contributed by atoms with Crippen LogP contribution in [0.25, 0.3) is 0 Å². The van der Waals surface area contributed by atoms with Gasteiger partial charge in [0.2, 0.25) is 0 Å². The largest absolute Gasteiger partial charge is 0.390 e. The first-order valence-corrected chi connectivity index (χ1v) is 12.0. The number of carbonyl (C=O) groups is 1. The van der Waals surface area contributed by atoms with Gasteiger partial charge in [-0.2, -0.15) is 0 Å². The number of imidazole rings is 1. The molecule has 0 spiro atoms. The number of amides is 2. The summed E-state index contributed by atoms with van der Waals surface area (Å²) in [5, 5.41) is 10.7. The normalized spacial score (nSPS) is 31.0. The van der Waals surface area contributed by atoms with Crippen LogP contribution in [0.5, 0.6) is 0 Å². The van der Waals surface area contributed by atoms with Crippen LogP contribution in [-0.4, -0.2) is 56.6 Å². The summed E-state index contributed by atoms with van der Waals surface area (Å²) in [4.78, 5) is 30.8. The molecule has 168 valence electrons. The van der Waals surface area contributed by atoms with Gasteiger partial charge in [0.25, 0.3) is 0 Å². The van der Waals surface area contributed by atoms with Crippen LogP contribution in [-0.2, 0) is 11.8 Å². The SMILES string of the molecule is CCCN1C(=O)N2C[C@@H](Cc3ccccc3)N=C2c2[nH]c(C34CCC(O)(CC3)CC4)nc21. The van der Waals surface area contributed by atoms with E-state index >= 15 is 0 Å². The number of nitrogens with zero attached hydrogens (tertiary/aromatic N) is 4. The van der Waals surface area contributed by atoms with E-state index in [9.17, 15) is 9.90 Å². The van der Waals surface area contributed by atoms with Crippen LogP contribution in [0.15, 0.2) is 35.3 Å². The number of aromatic amines is 1. The summed E-state index contributed by atoms with van der Waals surface area (Å²) in [6.07, 6.45) is 7.05. The van der Waals surface area contributed by atoms with Gasteiger partial charge in [0.1, 0.15) is 11.5 Å². The van der Waals surface area contributed by atoms with Crippen molar-refractivity contribution in [2.45, 2.75) is 75.3 Å². The lowest BCUT2D eigenvalue weighted by Crippen LogP contribution is -2.50.